The van der Waals surface area contributed by atoms with Crippen molar-refractivity contribution in [1.29, 1.82) is 0 Å². The van der Waals surface area contributed by atoms with Gasteiger partial charge in [-0.05, 0) is 44.2 Å². The van der Waals surface area contributed by atoms with Crippen LogP contribution in [0.2, 0.25) is 15.1 Å². The number of anilines is 1. The van der Waals surface area contributed by atoms with E-state index in [1.54, 1.807) is 25.1 Å². The van der Waals surface area contributed by atoms with Gasteiger partial charge in [0.2, 0.25) is 15.9 Å². The fourth-order valence-electron chi connectivity index (χ4n) is 2.12. The predicted molar refractivity (Wildman–Crippen MR) is 107 cm³/mol. The Balaban J connectivity index is 2.13. The smallest absolute Gasteiger partial charge is 0.242 e. The molecule has 0 spiro atoms. The van der Waals surface area contributed by atoms with Gasteiger partial charge < -0.3 is 10.1 Å². The third kappa shape index (κ3) is 5.49. The SMILES string of the molecule is CCOc1ccc(S(=O)(=O)N[C@@H](C)C(=O)Nc2cccc(Cl)c2Cl)cc1Cl. The maximum absolute atomic E-state index is 12.5. The Morgan fingerprint density at radius 1 is 1.15 bits per heavy atom. The van der Waals surface area contributed by atoms with E-state index in [9.17, 15) is 13.2 Å². The van der Waals surface area contributed by atoms with E-state index in [4.69, 9.17) is 39.5 Å². The van der Waals surface area contributed by atoms with E-state index in [1.165, 1.54) is 25.1 Å². The van der Waals surface area contributed by atoms with Crippen molar-refractivity contribution in [2.24, 2.45) is 0 Å². The summed E-state index contributed by atoms with van der Waals surface area (Å²) >= 11 is 17.9. The molecule has 2 aromatic carbocycles. The average Bonchev–Trinajstić information content (AvgIpc) is 2.60. The van der Waals surface area contributed by atoms with Gasteiger partial charge in [-0.3, -0.25) is 4.79 Å². The van der Waals surface area contributed by atoms with Crippen molar-refractivity contribution in [3.63, 3.8) is 0 Å². The molecule has 0 aliphatic carbocycles. The van der Waals surface area contributed by atoms with E-state index < -0.39 is 22.0 Å². The molecule has 2 rings (SSSR count). The van der Waals surface area contributed by atoms with Gasteiger partial charge in [0, 0.05) is 0 Å². The molecule has 27 heavy (non-hydrogen) atoms. The number of ether oxygens (including phenoxy) is 1. The average molecular weight is 452 g/mol. The van der Waals surface area contributed by atoms with Gasteiger partial charge in [-0.25, -0.2) is 8.42 Å². The summed E-state index contributed by atoms with van der Waals surface area (Å²) in [6.07, 6.45) is 0. The van der Waals surface area contributed by atoms with E-state index in [0.29, 0.717) is 12.4 Å². The molecule has 0 aliphatic heterocycles. The zero-order valence-electron chi connectivity index (χ0n) is 14.4. The molecule has 2 N–H and O–H groups in total. The monoisotopic (exact) mass is 450 g/mol. The van der Waals surface area contributed by atoms with Gasteiger partial charge >= 0.3 is 0 Å². The number of hydrogen-bond acceptors (Lipinski definition) is 4. The minimum absolute atomic E-state index is 0.0867. The standard InChI is InChI=1S/C17H17Cl3N2O4S/c1-3-26-15-8-7-11(9-13(15)19)27(24,25)22-10(2)17(23)21-14-6-4-5-12(18)16(14)20/h4-10,22H,3H2,1-2H3,(H,21,23)/t10-/m0/s1. The molecule has 0 heterocycles. The first-order valence-electron chi connectivity index (χ1n) is 7.85. The molecule has 0 aromatic heterocycles. The van der Waals surface area contributed by atoms with Crippen molar-refractivity contribution in [2.45, 2.75) is 24.8 Å². The first-order chi connectivity index (χ1) is 12.7. The van der Waals surface area contributed by atoms with Crippen LogP contribution in [0.1, 0.15) is 13.8 Å². The minimum Gasteiger partial charge on any atom is -0.492 e. The summed E-state index contributed by atoms with van der Waals surface area (Å²) in [4.78, 5) is 12.2. The van der Waals surface area contributed by atoms with Gasteiger partial charge in [-0.1, -0.05) is 40.9 Å². The summed E-state index contributed by atoms with van der Waals surface area (Å²) in [5, 5.41) is 3.13. The number of rotatable bonds is 7. The first kappa shape index (κ1) is 21.8. The van der Waals surface area contributed by atoms with Crippen molar-refractivity contribution in [1.82, 2.24) is 4.72 Å². The fraction of sp³-hybridized carbons (Fsp3) is 0.235. The lowest BCUT2D eigenvalue weighted by atomic mass is 10.3. The predicted octanol–water partition coefficient (Wildman–Crippen LogP) is 4.35. The Morgan fingerprint density at radius 3 is 2.48 bits per heavy atom. The van der Waals surface area contributed by atoms with Crippen LogP contribution in [0.15, 0.2) is 41.3 Å². The van der Waals surface area contributed by atoms with E-state index in [0.717, 1.165) is 0 Å². The Morgan fingerprint density at radius 2 is 1.85 bits per heavy atom. The summed E-state index contributed by atoms with van der Waals surface area (Å²) in [6, 6.07) is 7.72. The van der Waals surface area contributed by atoms with Crippen LogP contribution < -0.4 is 14.8 Å². The summed E-state index contributed by atoms with van der Waals surface area (Å²) in [6.45, 7) is 3.59. The Bertz CT molecular complexity index is 951. The maximum atomic E-state index is 12.5. The van der Waals surface area contributed by atoms with Gasteiger partial charge in [-0.15, -0.1) is 0 Å². The zero-order chi connectivity index (χ0) is 20.2. The molecule has 0 aliphatic rings. The van der Waals surface area contributed by atoms with Gasteiger partial charge in [-0.2, -0.15) is 4.72 Å². The van der Waals surface area contributed by atoms with Gasteiger partial charge in [0.1, 0.15) is 5.75 Å². The van der Waals surface area contributed by atoms with Crippen molar-refractivity contribution in [3.8, 4) is 5.75 Å². The maximum Gasteiger partial charge on any atom is 0.242 e. The third-order valence-electron chi connectivity index (χ3n) is 3.45. The molecule has 0 bridgehead atoms. The van der Waals surface area contributed by atoms with Crippen LogP contribution >= 0.6 is 34.8 Å². The second kappa shape index (κ2) is 9.12. The molecule has 0 saturated heterocycles. The van der Waals surface area contributed by atoms with E-state index >= 15 is 0 Å². The van der Waals surface area contributed by atoms with Crippen molar-refractivity contribution in [3.05, 3.63) is 51.5 Å². The summed E-state index contributed by atoms with van der Waals surface area (Å²) in [5.74, 6) is -0.223. The zero-order valence-corrected chi connectivity index (χ0v) is 17.5. The molecule has 6 nitrogen and oxygen atoms in total. The summed E-state index contributed by atoms with van der Waals surface area (Å²) in [5.41, 5.74) is 0.282. The number of amides is 1. The highest BCUT2D eigenvalue weighted by molar-refractivity contribution is 7.89. The van der Waals surface area contributed by atoms with Crippen LogP contribution in [0, 0.1) is 0 Å². The Hall–Kier alpha value is -1.51. The highest BCUT2D eigenvalue weighted by atomic mass is 35.5. The number of benzene rings is 2. The van der Waals surface area contributed by atoms with Crippen LogP contribution in [0.5, 0.6) is 5.75 Å². The quantitative estimate of drug-likeness (QED) is 0.655. The molecule has 10 heteroatoms. The lowest BCUT2D eigenvalue weighted by Crippen LogP contribution is -2.41. The highest BCUT2D eigenvalue weighted by Crippen LogP contribution is 2.30. The minimum atomic E-state index is -3.98. The number of carbonyl (C=O) groups is 1. The van der Waals surface area contributed by atoms with Crippen LogP contribution in [-0.2, 0) is 14.8 Å². The van der Waals surface area contributed by atoms with Crippen molar-refractivity contribution in [2.75, 3.05) is 11.9 Å². The lowest BCUT2D eigenvalue weighted by Gasteiger charge is -2.16. The molecule has 146 valence electrons. The summed E-state index contributed by atoms with van der Waals surface area (Å²) in [7, 11) is -3.98. The second-order valence-electron chi connectivity index (χ2n) is 5.46. The molecule has 1 atom stereocenters. The Labute approximate surface area is 172 Å². The Kier molecular flexibility index (Phi) is 7.36. The van der Waals surface area contributed by atoms with Crippen LogP contribution in [0.3, 0.4) is 0 Å². The number of hydrogen-bond donors (Lipinski definition) is 2. The van der Waals surface area contributed by atoms with E-state index in [2.05, 4.69) is 10.0 Å². The number of halogens is 3. The topological polar surface area (TPSA) is 84.5 Å². The van der Waals surface area contributed by atoms with Gasteiger partial charge in [0.25, 0.3) is 0 Å². The highest BCUT2D eigenvalue weighted by Gasteiger charge is 2.23. The van der Waals surface area contributed by atoms with Crippen LogP contribution in [-0.4, -0.2) is 27.0 Å². The lowest BCUT2D eigenvalue weighted by molar-refractivity contribution is -0.117. The molecule has 1 amide bonds. The van der Waals surface area contributed by atoms with E-state index in [-0.39, 0.29) is 25.7 Å². The molecule has 0 fully saturated rings. The fourth-order valence-corrected chi connectivity index (χ4v) is 3.99. The first-order valence-corrected chi connectivity index (χ1v) is 10.5. The number of nitrogens with one attached hydrogen (secondary N) is 2. The van der Waals surface area contributed by atoms with Crippen LogP contribution in [0.4, 0.5) is 5.69 Å². The number of carbonyl (C=O) groups excluding carboxylic acids is 1. The molecule has 0 unspecified atom stereocenters. The van der Waals surface area contributed by atoms with Crippen LogP contribution in [0.25, 0.3) is 0 Å². The molecule has 0 saturated carbocycles. The molecular weight excluding hydrogens is 435 g/mol. The normalized spacial score (nSPS) is 12.5. The van der Waals surface area contributed by atoms with Gasteiger partial charge in [0.05, 0.1) is 38.3 Å². The van der Waals surface area contributed by atoms with E-state index in [1.807, 2.05) is 0 Å². The molecule has 2 aromatic rings. The van der Waals surface area contributed by atoms with Crippen molar-refractivity contribution >= 4 is 56.4 Å². The molecule has 0 radical (unpaired) electrons. The third-order valence-corrected chi connectivity index (χ3v) is 6.10. The van der Waals surface area contributed by atoms with Gasteiger partial charge in [0.15, 0.2) is 0 Å². The molecular formula is C17H17Cl3N2O4S. The number of sulfonamides is 1. The summed E-state index contributed by atoms with van der Waals surface area (Å²) < 4.78 is 32.6. The van der Waals surface area contributed by atoms with Crippen molar-refractivity contribution < 1.29 is 17.9 Å². The largest absolute Gasteiger partial charge is 0.492 e. The second-order valence-corrected chi connectivity index (χ2v) is 8.37.